The third-order valence-electron chi connectivity index (χ3n) is 3.28. The van der Waals surface area contributed by atoms with Gasteiger partial charge in [0.25, 0.3) is 0 Å². The fourth-order valence-corrected chi connectivity index (χ4v) is 4.23. The van der Waals surface area contributed by atoms with Crippen LogP contribution >= 0.6 is 11.3 Å². The molecular formula is C15H19NO3S2. The predicted molar refractivity (Wildman–Crippen MR) is 85.0 cm³/mol. The number of thiophene rings is 1. The van der Waals surface area contributed by atoms with E-state index in [1.165, 1.54) is 11.3 Å². The average Bonchev–Trinajstić information content (AvgIpc) is 2.91. The van der Waals surface area contributed by atoms with Crippen LogP contribution in [0.1, 0.15) is 22.9 Å². The molecule has 6 heteroatoms. The molecule has 0 aliphatic rings. The summed E-state index contributed by atoms with van der Waals surface area (Å²) in [5.74, 6) is 0. The maximum atomic E-state index is 12.4. The zero-order valence-corrected chi connectivity index (χ0v) is 13.9. The van der Waals surface area contributed by atoms with Gasteiger partial charge in [0.2, 0.25) is 10.0 Å². The summed E-state index contributed by atoms with van der Waals surface area (Å²) in [6, 6.07) is 8.79. The second kappa shape index (κ2) is 5.88. The Labute approximate surface area is 129 Å². The number of aryl methyl sites for hydroxylation is 2. The van der Waals surface area contributed by atoms with Crippen LogP contribution in [-0.2, 0) is 15.6 Å². The van der Waals surface area contributed by atoms with Crippen LogP contribution in [0.5, 0.6) is 0 Å². The second-order valence-corrected chi connectivity index (χ2v) is 8.03. The number of sulfonamides is 1. The topological polar surface area (TPSA) is 66.4 Å². The molecule has 2 rings (SSSR count). The van der Waals surface area contributed by atoms with Gasteiger partial charge in [0.05, 0.1) is 4.90 Å². The number of aliphatic hydroxyl groups is 1. The minimum Gasteiger partial charge on any atom is -0.383 e. The first kappa shape index (κ1) is 16.2. The lowest BCUT2D eigenvalue weighted by atomic mass is 10.1. The SMILES string of the molecule is Cc1ccc(S(=O)(=O)NCC(C)(O)c2cccs2)c(C)c1. The van der Waals surface area contributed by atoms with Gasteiger partial charge < -0.3 is 5.11 Å². The van der Waals surface area contributed by atoms with E-state index in [9.17, 15) is 13.5 Å². The van der Waals surface area contributed by atoms with Gasteiger partial charge in [-0.15, -0.1) is 11.3 Å². The van der Waals surface area contributed by atoms with E-state index in [-0.39, 0.29) is 11.4 Å². The highest BCUT2D eigenvalue weighted by atomic mass is 32.2. The maximum Gasteiger partial charge on any atom is 0.240 e. The van der Waals surface area contributed by atoms with E-state index in [4.69, 9.17) is 0 Å². The van der Waals surface area contributed by atoms with Crippen molar-refractivity contribution in [2.24, 2.45) is 0 Å². The van der Waals surface area contributed by atoms with E-state index in [1.54, 1.807) is 32.0 Å². The summed E-state index contributed by atoms with van der Waals surface area (Å²) in [6.07, 6.45) is 0. The van der Waals surface area contributed by atoms with Crippen molar-refractivity contribution in [3.05, 3.63) is 51.7 Å². The molecule has 0 saturated heterocycles. The average molecular weight is 325 g/mol. The molecule has 0 fully saturated rings. The fraction of sp³-hybridized carbons (Fsp3) is 0.333. The maximum absolute atomic E-state index is 12.4. The first-order chi connectivity index (χ1) is 9.72. The Kier molecular flexibility index (Phi) is 4.53. The molecule has 1 aromatic heterocycles. The highest BCUT2D eigenvalue weighted by molar-refractivity contribution is 7.89. The summed E-state index contributed by atoms with van der Waals surface area (Å²) in [5, 5.41) is 12.2. The third kappa shape index (κ3) is 3.71. The van der Waals surface area contributed by atoms with Gasteiger partial charge in [-0.1, -0.05) is 23.8 Å². The van der Waals surface area contributed by atoms with Gasteiger partial charge in [-0.3, -0.25) is 0 Å². The predicted octanol–water partition coefficient (Wildman–Crippen LogP) is 2.55. The minimum absolute atomic E-state index is 0.0663. The van der Waals surface area contributed by atoms with E-state index in [2.05, 4.69) is 4.72 Å². The fourth-order valence-electron chi connectivity index (χ4n) is 2.09. The largest absolute Gasteiger partial charge is 0.383 e. The van der Waals surface area contributed by atoms with Crippen LogP contribution in [0.3, 0.4) is 0 Å². The number of benzene rings is 1. The van der Waals surface area contributed by atoms with Crippen molar-refractivity contribution in [1.82, 2.24) is 4.72 Å². The van der Waals surface area contributed by atoms with Crippen LogP contribution in [0.4, 0.5) is 0 Å². The molecule has 0 aliphatic heterocycles. The molecule has 0 aliphatic carbocycles. The molecule has 21 heavy (non-hydrogen) atoms. The molecule has 114 valence electrons. The molecule has 0 radical (unpaired) electrons. The molecule has 0 bridgehead atoms. The number of hydrogen-bond donors (Lipinski definition) is 2. The molecule has 0 saturated carbocycles. The van der Waals surface area contributed by atoms with Gasteiger partial charge in [-0.05, 0) is 43.8 Å². The van der Waals surface area contributed by atoms with Crippen molar-refractivity contribution in [2.75, 3.05) is 6.54 Å². The van der Waals surface area contributed by atoms with Crippen LogP contribution < -0.4 is 4.72 Å². The molecule has 4 nitrogen and oxygen atoms in total. The van der Waals surface area contributed by atoms with E-state index >= 15 is 0 Å². The summed E-state index contributed by atoms with van der Waals surface area (Å²) < 4.78 is 27.2. The zero-order valence-electron chi connectivity index (χ0n) is 12.3. The highest BCUT2D eigenvalue weighted by Crippen LogP contribution is 2.25. The lowest BCUT2D eigenvalue weighted by Crippen LogP contribution is -2.38. The standard InChI is InChI=1S/C15H19NO3S2/c1-11-6-7-13(12(2)9-11)21(18,19)16-10-15(3,17)14-5-4-8-20-14/h4-9,16-17H,10H2,1-3H3. The number of rotatable bonds is 5. The number of hydrogen-bond acceptors (Lipinski definition) is 4. The lowest BCUT2D eigenvalue weighted by molar-refractivity contribution is 0.0666. The lowest BCUT2D eigenvalue weighted by Gasteiger charge is -2.22. The van der Waals surface area contributed by atoms with Crippen molar-refractivity contribution in [1.29, 1.82) is 0 Å². The van der Waals surface area contributed by atoms with Gasteiger partial charge in [0.15, 0.2) is 0 Å². The van der Waals surface area contributed by atoms with E-state index in [0.717, 1.165) is 10.4 Å². The van der Waals surface area contributed by atoms with Gasteiger partial charge in [-0.25, -0.2) is 13.1 Å². The first-order valence-electron chi connectivity index (χ1n) is 6.56. The smallest absolute Gasteiger partial charge is 0.240 e. The van der Waals surface area contributed by atoms with Gasteiger partial charge >= 0.3 is 0 Å². The Morgan fingerprint density at radius 1 is 1.29 bits per heavy atom. The molecule has 2 aromatic rings. The van der Waals surface area contributed by atoms with E-state index in [1.807, 2.05) is 24.4 Å². The van der Waals surface area contributed by atoms with E-state index in [0.29, 0.717) is 5.56 Å². The van der Waals surface area contributed by atoms with Crippen molar-refractivity contribution < 1.29 is 13.5 Å². The van der Waals surface area contributed by atoms with Gasteiger partial charge in [0.1, 0.15) is 5.60 Å². The summed E-state index contributed by atoms with van der Waals surface area (Å²) in [4.78, 5) is 0.973. The van der Waals surface area contributed by atoms with Crippen molar-refractivity contribution in [2.45, 2.75) is 31.3 Å². The van der Waals surface area contributed by atoms with E-state index < -0.39 is 15.6 Å². The Hall–Kier alpha value is -1.21. The molecule has 1 aromatic carbocycles. The summed E-state index contributed by atoms with van der Waals surface area (Å²) in [7, 11) is -3.64. The zero-order chi connectivity index (χ0) is 15.7. The molecule has 0 amide bonds. The molecule has 1 heterocycles. The number of nitrogens with one attached hydrogen (secondary N) is 1. The van der Waals surface area contributed by atoms with Crippen LogP contribution in [0.2, 0.25) is 0 Å². The normalized spacial score (nSPS) is 14.9. The molecular weight excluding hydrogens is 306 g/mol. The van der Waals surface area contributed by atoms with Crippen molar-refractivity contribution >= 4 is 21.4 Å². The monoisotopic (exact) mass is 325 g/mol. The van der Waals surface area contributed by atoms with Crippen molar-refractivity contribution in [3.63, 3.8) is 0 Å². The molecule has 1 unspecified atom stereocenters. The Balaban J connectivity index is 2.19. The second-order valence-electron chi connectivity index (χ2n) is 5.34. The van der Waals surface area contributed by atoms with Crippen LogP contribution in [0.15, 0.2) is 40.6 Å². The van der Waals surface area contributed by atoms with Crippen LogP contribution in [0.25, 0.3) is 0 Å². The quantitative estimate of drug-likeness (QED) is 0.888. The van der Waals surface area contributed by atoms with Crippen LogP contribution in [0, 0.1) is 13.8 Å². The van der Waals surface area contributed by atoms with Crippen molar-refractivity contribution in [3.8, 4) is 0 Å². The Morgan fingerprint density at radius 3 is 2.57 bits per heavy atom. The Morgan fingerprint density at radius 2 is 2.00 bits per heavy atom. The summed E-state index contributed by atoms with van der Waals surface area (Å²) in [5.41, 5.74) is 0.482. The molecule has 0 spiro atoms. The highest BCUT2D eigenvalue weighted by Gasteiger charge is 2.27. The minimum atomic E-state index is -3.64. The van der Waals surface area contributed by atoms with Gasteiger partial charge in [0, 0.05) is 11.4 Å². The molecule has 2 N–H and O–H groups in total. The molecule has 1 atom stereocenters. The van der Waals surface area contributed by atoms with Crippen LogP contribution in [-0.4, -0.2) is 20.1 Å². The Bertz CT molecular complexity index is 719. The first-order valence-corrected chi connectivity index (χ1v) is 8.92. The van der Waals surface area contributed by atoms with Gasteiger partial charge in [-0.2, -0.15) is 0 Å². The summed E-state index contributed by atoms with van der Waals surface area (Å²) in [6.45, 7) is 5.21. The summed E-state index contributed by atoms with van der Waals surface area (Å²) >= 11 is 1.40. The third-order valence-corrected chi connectivity index (χ3v) is 5.96.